The minimum atomic E-state index is -3.91. The van der Waals surface area contributed by atoms with Crippen molar-refractivity contribution in [2.24, 2.45) is 0 Å². The highest BCUT2D eigenvalue weighted by atomic mass is 32.2. The maximum Gasteiger partial charge on any atom is 0.269 e. The molecule has 1 heterocycles. The van der Waals surface area contributed by atoms with E-state index >= 15 is 0 Å². The summed E-state index contributed by atoms with van der Waals surface area (Å²) in [5, 5.41) is 10.8. The topological polar surface area (TPSA) is 89.8 Å². The van der Waals surface area contributed by atoms with Gasteiger partial charge in [0, 0.05) is 30.3 Å². The Labute approximate surface area is 162 Å². The van der Waals surface area contributed by atoms with E-state index in [9.17, 15) is 18.5 Å². The third-order valence-corrected chi connectivity index (χ3v) is 6.57. The molecule has 0 atom stereocenters. The van der Waals surface area contributed by atoms with Crippen LogP contribution in [-0.4, -0.2) is 24.7 Å². The molecule has 0 aromatic heterocycles. The van der Waals surface area contributed by atoms with Crippen LogP contribution in [0.4, 0.5) is 5.69 Å². The lowest BCUT2D eigenvalue weighted by molar-refractivity contribution is -0.384. The van der Waals surface area contributed by atoms with Gasteiger partial charge in [0.25, 0.3) is 5.69 Å². The number of nitro benzene ring substituents is 1. The molecular formula is C20H16N2O5S. The Kier molecular flexibility index (Phi) is 4.37. The molecule has 1 aliphatic heterocycles. The zero-order chi connectivity index (χ0) is 19.9. The Bertz CT molecular complexity index is 1110. The Balaban J connectivity index is 1.81. The second-order valence-electron chi connectivity index (χ2n) is 6.35. The zero-order valence-electron chi connectivity index (χ0n) is 14.8. The Morgan fingerprint density at radius 2 is 1.39 bits per heavy atom. The van der Waals surface area contributed by atoms with E-state index in [0.29, 0.717) is 11.5 Å². The average molecular weight is 396 g/mol. The predicted molar refractivity (Wildman–Crippen MR) is 103 cm³/mol. The Hall–Kier alpha value is -3.23. The molecule has 1 aliphatic rings. The van der Waals surface area contributed by atoms with Crippen LogP contribution in [0.2, 0.25) is 0 Å². The first-order valence-corrected chi connectivity index (χ1v) is 9.92. The number of hydrogen-bond donors (Lipinski definition) is 0. The first-order valence-electron chi connectivity index (χ1n) is 8.48. The third-order valence-electron chi connectivity index (χ3n) is 4.74. The van der Waals surface area contributed by atoms with Crippen molar-refractivity contribution in [1.29, 1.82) is 0 Å². The SMILES string of the molecule is CN(C1c2ccccc2Oc2ccccc21)S(=O)(=O)c1ccc([N+](=O)[O-])cc1. The molecule has 0 unspecified atom stereocenters. The number of fused-ring (bicyclic) bond motifs is 2. The van der Waals surface area contributed by atoms with E-state index in [1.807, 2.05) is 36.4 Å². The number of para-hydroxylation sites is 2. The fourth-order valence-corrected chi connectivity index (χ4v) is 4.64. The van der Waals surface area contributed by atoms with Crippen LogP contribution < -0.4 is 4.74 Å². The summed E-state index contributed by atoms with van der Waals surface area (Å²) in [5.74, 6) is 1.19. The first-order chi connectivity index (χ1) is 13.4. The largest absolute Gasteiger partial charge is 0.457 e. The lowest BCUT2D eigenvalue weighted by Crippen LogP contribution is -2.33. The molecule has 0 saturated heterocycles. The van der Waals surface area contributed by atoms with E-state index in [-0.39, 0.29) is 10.6 Å². The van der Waals surface area contributed by atoms with Crippen molar-refractivity contribution in [3.63, 3.8) is 0 Å². The monoisotopic (exact) mass is 396 g/mol. The summed E-state index contributed by atoms with van der Waals surface area (Å²) >= 11 is 0. The number of hydrogen-bond acceptors (Lipinski definition) is 5. The van der Waals surface area contributed by atoms with Crippen LogP contribution in [-0.2, 0) is 10.0 Å². The summed E-state index contributed by atoms with van der Waals surface area (Å²) in [4.78, 5) is 10.3. The van der Waals surface area contributed by atoms with Gasteiger partial charge in [-0.2, -0.15) is 4.31 Å². The van der Waals surface area contributed by atoms with Crippen LogP contribution >= 0.6 is 0 Å². The second-order valence-corrected chi connectivity index (χ2v) is 8.35. The molecule has 4 rings (SSSR count). The molecule has 142 valence electrons. The van der Waals surface area contributed by atoms with E-state index in [2.05, 4.69) is 0 Å². The van der Waals surface area contributed by atoms with Gasteiger partial charge in [0.15, 0.2) is 0 Å². The molecule has 0 aliphatic carbocycles. The van der Waals surface area contributed by atoms with Crippen LogP contribution in [0, 0.1) is 10.1 Å². The van der Waals surface area contributed by atoms with Crippen LogP contribution in [0.15, 0.2) is 77.7 Å². The number of non-ortho nitro benzene ring substituents is 1. The molecule has 3 aromatic rings. The summed E-state index contributed by atoms with van der Waals surface area (Å²) in [6, 6.07) is 18.9. The number of nitrogens with zero attached hydrogens (tertiary/aromatic N) is 2. The van der Waals surface area contributed by atoms with Gasteiger partial charge in [0.1, 0.15) is 11.5 Å². The highest BCUT2D eigenvalue weighted by molar-refractivity contribution is 7.89. The number of sulfonamides is 1. The molecule has 3 aromatic carbocycles. The highest BCUT2D eigenvalue weighted by Crippen LogP contribution is 2.46. The van der Waals surface area contributed by atoms with Gasteiger partial charge in [-0.05, 0) is 24.3 Å². The van der Waals surface area contributed by atoms with Gasteiger partial charge in [0.2, 0.25) is 10.0 Å². The molecule has 0 bridgehead atoms. The molecule has 0 N–H and O–H groups in total. The van der Waals surface area contributed by atoms with Gasteiger partial charge in [-0.1, -0.05) is 36.4 Å². The van der Waals surface area contributed by atoms with Gasteiger partial charge in [0.05, 0.1) is 15.9 Å². The molecule has 0 radical (unpaired) electrons. The smallest absolute Gasteiger partial charge is 0.269 e. The van der Waals surface area contributed by atoms with E-state index in [1.165, 1.54) is 35.6 Å². The van der Waals surface area contributed by atoms with Crippen molar-refractivity contribution in [2.45, 2.75) is 10.9 Å². The number of nitro groups is 1. The van der Waals surface area contributed by atoms with Crippen molar-refractivity contribution in [3.05, 3.63) is 94.0 Å². The van der Waals surface area contributed by atoms with Crippen LogP contribution in [0.1, 0.15) is 17.2 Å². The van der Waals surface area contributed by atoms with E-state index in [1.54, 1.807) is 12.1 Å². The van der Waals surface area contributed by atoms with Crippen molar-refractivity contribution in [2.75, 3.05) is 7.05 Å². The van der Waals surface area contributed by atoms with E-state index in [0.717, 1.165) is 11.1 Å². The molecular weight excluding hydrogens is 380 g/mol. The summed E-state index contributed by atoms with van der Waals surface area (Å²) in [5.41, 5.74) is 1.30. The van der Waals surface area contributed by atoms with Crippen molar-refractivity contribution < 1.29 is 18.1 Å². The molecule has 8 heteroatoms. The molecule has 7 nitrogen and oxygen atoms in total. The Morgan fingerprint density at radius 1 is 0.893 bits per heavy atom. The summed E-state index contributed by atoms with van der Waals surface area (Å²) < 4.78 is 33.7. The fourth-order valence-electron chi connectivity index (χ4n) is 3.32. The quantitative estimate of drug-likeness (QED) is 0.489. The van der Waals surface area contributed by atoms with Gasteiger partial charge in [-0.25, -0.2) is 8.42 Å². The average Bonchev–Trinajstić information content (AvgIpc) is 2.71. The molecule has 0 amide bonds. The first kappa shape index (κ1) is 18.1. The van der Waals surface area contributed by atoms with Crippen molar-refractivity contribution >= 4 is 15.7 Å². The van der Waals surface area contributed by atoms with Crippen molar-refractivity contribution in [1.82, 2.24) is 4.31 Å². The summed E-state index contributed by atoms with van der Waals surface area (Å²) in [6.45, 7) is 0. The second kappa shape index (κ2) is 6.74. The summed E-state index contributed by atoms with van der Waals surface area (Å²) in [7, 11) is -2.41. The molecule has 28 heavy (non-hydrogen) atoms. The minimum Gasteiger partial charge on any atom is -0.457 e. The number of rotatable bonds is 4. The molecule has 0 saturated carbocycles. The van der Waals surface area contributed by atoms with Gasteiger partial charge >= 0.3 is 0 Å². The van der Waals surface area contributed by atoms with Gasteiger partial charge < -0.3 is 4.74 Å². The number of benzene rings is 3. The van der Waals surface area contributed by atoms with Gasteiger partial charge in [-0.15, -0.1) is 0 Å². The van der Waals surface area contributed by atoms with Gasteiger partial charge in [-0.3, -0.25) is 10.1 Å². The van der Waals surface area contributed by atoms with Crippen LogP contribution in [0.5, 0.6) is 11.5 Å². The van der Waals surface area contributed by atoms with E-state index in [4.69, 9.17) is 4.74 Å². The Morgan fingerprint density at radius 3 is 1.89 bits per heavy atom. The maximum atomic E-state index is 13.2. The minimum absolute atomic E-state index is 0.0120. The van der Waals surface area contributed by atoms with Crippen LogP contribution in [0.3, 0.4) is 0 Å². The lowest BCUT2D eigenvalue weighted by Gasteiger charge is -2.33. The normalized spacial score (nSPS) is 13.5. The van der Waals surface area contributed by atoms with Crippen molar-refractivity contribution in [3.8, 4) is 11.5 Å². The summed E-state index contributed by atoms with van der Waals surface area (Å²) in [6.07, 6.45) is 0. The maximum absolute atomic E-state index is 13.2. The predicted octanol–water partition coefficient (Wildman–Crippen LogP) is 4.11. The lowest BCUT2D eigenvalue weighted by atomic mass is 9.95. The molecule has 0 spiro atoms. The highest BCUT2D eigenvalue weighted by Gasteiger charge is 2.36. The molecule has 0 fully saturated rings. The number of ether oxygens (including phenoxy) is 1. The standard InChI is InChI=1S/C20H16N2O5S/c1-21(28(25,26)15-12-10-14(11-13-15)22(23)24)20-16-6-2-4-8-18(16)27-19-9-5-3-7-17(19)20/h2-13,20H,1H3. The van der Waals surface area contributed by atoms with E-state index < -0.39 is 21.0 Å². The van der Waals surface area contributed by atoms with Crippen LogP contribution in [0.25, 0.3) is 0 Å². The third kappa shape index (κ3) is 2.92. The zero-order valence-corrected chi connectivity index (χ0v) is 15.7. The fraction of sp³-hybridized carbons (Fsp3) is 0.100.